The van der Waals surface area contributed by atoms with Gasteiger partial charge in [-0.3, -0.25) is 4.79 Å². The molecule has 1 aliphatic rings. The highest BCUT2D eigenvalue weighted by Crippen LogP contribution is 2.20. The number of anilines is 1. The highest BCUT2D eigenvalue weighted by atomic mass is 16.5. The molecule has 6 heteroatoms. The van der Waals surface area contributed by atoms with E-state index in [2.05, 4.69) is 10.6 Å². The largest absolute Gasteiger partial charge is 0.482 e. The van der Waals surface area contributed by atoms with Crippen LogP contribution in [0, 0.1) is 11.8 Å². The Labute approximate surface area is 117 Å². The summed E-state index contributed by atoms with van der Waals surface area (Å²) in [5.41, 5.74) is 0.678. The van der Waals surface area contributed by atoms with E-state index in [1.807, 2.05) is 6.92 Å². The van der Waals surface area contributed by atoms with E-state index in [1.54, 1.807) is 24.3 Å². The molecule has 3 N–H and O–H groups in total. The predicted molar refractivity (Wildman–Crippen MR) is 73.7 cm³/mol. The summed E-state index contributed by atoms with van der Waals surface area (Å²) in [6, 6.07) is 6.66. The van der Waals surface area contributed by atoms with Crippen molar-refractivity contribution in [2.45, 2.75) is 6.92 Å². The Kier molecular flexibility index (Phi) is 4.57. The molecule has 1 atom stereocenters. The van der Waals surface area contributed by atoms with Gasteiger partial charge in [0, 0.05) is 11.6 Å². The maximum absolute atomic E-state index is 12.0. The summed E-state index contributed by atoms with van der Waals surface area (Å²) < 4.78 is 5.02. The van der Waals surface area contributed by atoms with Crippen molar-refractivity contribution in [3.8, 4) is 5.75 Å². The number of carbonyl (C=O) groups is 2. The average Bonchev–Trinajstić information content (AvgIpc) is 2.35. The minimum Gasteiger partial charge on any atom is -0.482 e. The zero-order valence-electron chi connectivity index (χ0n) is 11.3. The van der Waals surface area contributed by atoms with Gasteiger partial charge in [0.15, 0.2) is 6.61 Å². The molecule has 6 nitrogen and oxygen atoms in total. The maximum Gasteiger partial charge on any atom is 0.341 e. The Morgan fingerprint density at radius 3 is 2.55 bits per heavy atom. The number of ether oxygens (including phenoxy) is 1. The molecule has 1 unspecified atom stereocenters. The van der Waals surface area contributed by atoms with Gasteiger partial charge < -0.3 is 20.5 Å². The van der Waals surface area contributed by atoms with Crippen LogP contribution >= 0.6 is 0 Å². The number of hydrogen-bond donors (Lipinski definition) is 3. The Morgan fingerprint density at radius 1 is 1.40 bits per heavy atom. The van der Waals surface area contributed by atoms with Crippen LogP contribution in [0.1, 0.15) is 6.92 Å². The zero-order valence-corrected chi connectivity index (χ0v) is 11.3. The molecule has 108 valence electrons. The third-order valence-electron chi connectivity index (χ3n) is 3.42. The normalized spacial score (nSPS) is 16.1. The van der Waals surface area contributed by atoms with Crippen LogP contribution in [0.2, 0.25) is 0 Å². The van der Waals surface area contributed by atoms with Gasteiger partial charge in [-0.1, -0.05) is 6.92 Å². The van der Waals surface area contributed by atoms with E-state index in [4.69, 9.17) is 9.84 Å². The summed E-state index contributed by atoms with van der Waals surface area (Å²) in [5.74, 6) is -0.199. The van der Waals surface area contributed by atoms with Gasteiger partial charge in [-0.05, 0) is 43.3 Å². The van der Waals surface area contributed by atoms with Gasteiger partial charge in [-0.15, -0.1) is 0 Å². The van der Waals surface area contributed by atoms with Crippen LogP contribution < -0.4 is 15.4 Å². The standard InChI is InChI=1S/C14H18N2O4/c1-9(10-6-15-7-10)14(19)16-11-2-4-12(5-3-11)20-8-13(17)18/h2-5,9-10,15H,6-8H2,1H3,(H,16,19)(H,17,18). The lowest BCUT2D eigenvalue weighted by Crippen LogP contribution is -2.48. The second-order valence-electron chi connectivity index (χ2n) is 4.90. The van der Waals surface area contributed by atoms with Crippen LogP contribution in [0.5, 0.6) is 5.75 Å². The Bertz CT molecular complexity index is 482. The fraction of sp³-hybridized carbons (Fsp3) is 0.429. The van der Waals surface area contributed by atoms with Crippen molar-refractivity contribution >= 4 is 17.6 Å². The third-order valence-corrected chi connectivity index (χ3v) is 3.42. The summed E-state index contributed by atoms with van der Waals surface area (Å²) in [6.07, 6.45) is 0. The van der Waals surface area contributed by atoms with Crippen molar-refractivity contribution < 1.29 is 19.4 Å². The Morgan fingerprint density at radius 2 is 2.05 bits per heavy atom. The van der Waals surface area contributed by atoms with Crippen LogP contribution in [-0.2, 0) is 9.59 Å². The molecule has 0 aromatic heterocycles. The van der Waals surface area contributed by atoms with E-state index in [0.717, 1.165) is 13.1 Å². The Balaban J connectivity index is 1.86. The number of hydrogen-bond acceptors (Lipinski definition) is 4. The van der Waals surface area contributed by atoms with Crippen molar-refractivity contribution in [3.63, 3.8) is 0 Å². The number of carboxylic acids is 1. The molecule has 1 aliphatic heterocycles. The van der Waals surface area contributed by atoms with Gasteiger partial charge in [-0.2, -0.15) is 0 Å². The van der Waals surface area contributed by atoms with E-state index < -0.39 is 5.97 Å². The molecule has 0 spiro atoms. The molecular weight excluding hydrogens is 260 g/mol. The molecular formula is C14H18N2O4. The first-order valence-corrected chi connectivity index (χ1v) is 6.52. The molecule has 1 heterocycles. The van der Waals surface area contributed by atoms with E-state index >= 15 is 0 Å². The molecule has 1 fully saturated rings. The summed E-state index contributed by atoms with van der Waals surface area (Å²) in [4.78, 5) is 22.4. The summed E-state index contributed by atoms with van der Waals surface area (Å²) in [5, 5.41) is 14.5. The predicted octanol–water partition coefficient (Wildman–Crippen LogP) is 0.944. The summed E-state index contributed by atoms with van der Waals surface area (Å²) >= 11 is 0. The highest BCUT2D eigenvalue weighted by molar-refractivity contribution is 5.92. The summed E-state index contributed by atoms with van der Waals surface area (Å²) in [7, 11) is 0. The average molecular weight is 278 g/mol. The fourth-order valence-electron chi connectivity index (χ4n) is 1.91. The number of amides is 1. The maximum atomic E-state index is 12.0. The van der Waals surface area contributed by atoms with Crippen molar-refractivity contribution in [1.82, 2.24) is 5.32 Å². The molecule has 1 amide bonds. The third kappa shape index (κ3) is 3.71. The highest BCUT2D eigenvalue weighted by Gasteiger charge is 2.28. The van der Waals surface area contributed by atoms with Crippen molar-refractivity contribution in [2.24, 2.45) is 11.8 Å². The number of aliphatic carboxylic acids is 1. The van der Waals surface area contributed by atoms with Crippen LogP contribution in [0.15, 0.2) is 24.3 Å². The molecule has 0 radical (unpaired) electrons. The topological polar surface area (TPSA) is 87.7 Å². The van der Waals surface area contributed by atoms with Gasteiger partial charge in [0.1, 0.15) is 5.75 Å². The van der Waals surface area contributed by atoms with Crippen LogP contribution in [0.3, 0.4) is 0 Å². The number of benzene rings is 1. The van der Waals surface area contributed by atoms with Crippen molar-refractivity contribution in [2.75, 3.05) is 25.0 Å². The second-order valence-corrected chi connectivity index (χ2v) is 4.90. The van der Waals surface area contributed by atoms with Gasteiger partial charge in [-0.25, -0.2) is 4.79 Å². The quantitative estimate of drug-likeness (QED) is 0.721. The van der Waals surface area contributed by atoms with E-state index in [9.17, 15) is 9.59 Å². The van der Waals surface area contributed by atoms with Crippen LogP contribution in [-0.4, -0.2) is 36.7 Å². The van der Waals surface area contributed by atoms with Crippen molar-refractivity contribution in [1.29, 1.82) is 0 Å². The first kappa shape index (κ1) is 14.3. The SMILES string of the molecule is CC(C(=O)Nc1ccc(OCC(=O)O)cc1)C1CNC1. The van der Waals surface area contributed by atoms with Crippen LogP contribution in [0.4, 0.5) is 5.69 Å². The lowest BCUT2D eigenvalue weighted by molar-refractivity contribution is -0.139. The lowest BCUT2D eigenvalue weighted by Gasteiger charge is -2.31. The molecule has 0 aliphatic carbocycles. The van der Waals surface area contributed by atoms with Gasteiger partial charge in [0.05, 0.1) is 0 Å². The summed E-state index contributed by atoms with van der Waals surface area (Å²) in [6.45, 7) is 3.32. The fourth-order valence-corrected chi connectivity index (χ4v) is 1.91. The smallest absolute Gasteiger partial charge is 0.341 e. The Hall–Kier alpha value is -2.08. The van der Waals surface area contributed by atoms with E-state index in [1.165, 1.54) is 0 Å². The lowest BCUT2D eigenvalue weighted by atomic mass is 9.88. The molecule has 1 saturated heterocycles. The minimum absolute atomic E-state index is 0.00398. The second kappa shape index (κ2) is 6.38. The number of carboxylic acid groups (broad SMARTS) is 1. The van der Waals surface area contributed by atoms with Crippen molar-refractivity contribution in [3.05, 3.63) is 24.3 Å². The number of nitrogens with one attached hydrogen (secondary N) is 2. The van der Waals surface area contributed by atoms with E-state index in [0.29, 0.717) is 17.4 Å². The van der Waals surface area contributed by atoms with E-state index in [-0.39, 0.29) is 18.4 Å². The van der Waals surface area contributed by atoms with Gasteiger partial charge in [0.2, 0.25) is 5.91 Å². The molecule has 2 rings (SSSR count). The molecule has 20 heavy (non-hydrogen) atoms. The van der Waals surface area contributed by atoms with Gasteiger partial charge >= 0.3 is 5.97 Å². The molecule has 1 aromatic carbocycles. The number of carbonyl (C=O) groups excluding carboxylic acids is 1. The van der Waals surface area contributed by atoms with Gasteiger partial charge in [0.25, 0.3) is 0 Å². The van der Waals surface area contributed by atoms with Crippen LogP contribution in [0.25, 0.3) is 0 Å². The molecule has 1 aromatic rings. The first-order chi connectivity index (χ1) is 9.56. The monoisotopic (exact) mass is 278 g/mol. The molecule has 0 bridgehead atoms. The minimum atomic E-state index is -1.02. The molecule has 0 saturated carbocycles. The zero-order chi connectivity index (χ0) is 14.5. The number of rotatable bonds is 6. The first-order valence-electron chi connectivity index (χ1n) is 6.52.